The number of hydrogen-bond donors (Lipinski definition) is 1. The molecule has 0 aliphatic carbocycles. The van der Waals surface area contributed by atoms with Crippen molar-refractivity contribution in [3.8, 4) is 5.75 Å². The molecule has 1 N–H and O–H groups in total. The third kappa shape index (κ3) is 6.15. The molecular formula is C14H18F5NO2S. The van der Waals surface area contributed by atoms with E-state index < -0.39 is 52.3 Å². The number of hydrogen-bond acceptors (Lipinski definition) is 3. The largest absolute Gasteiger partial charge is 0.598 e. The van der Waals surface area contributed by atoms with Gasteiger partial charge in [-0.3, -0.25) is 0 Å². The molecule has 0 aromatic heterocycles. The van der Waals surface area contributed by atoms with E-state index >= 15 is 0 Å². The van der Waals surface area contributed by atoms with Gasteiger partial charge in [0.05, 0.1) is 6.04 Å². The predicted octanol–water partition coefficient (Wildman–Crippen LogP) is 4.02. The van der Waals surface area contributed by atoms with E-state index in [9.17, 15) is 26.5 Å². The topological polar surface area (TPSA) is 44.3 Å². The summed E-state index contributed by atoms with van der Waals surface area (Å²) in [6.07, 6.45) is -4.65. The summed E-state index contributed by atoms with van der Waals surface area (Å²) in [5, 5.41) is 0. The van der Waals surface area contributed by atoms with Crippen molar-refractivity contribution in [2.24, 2.45) is 0 Å². The van der Waals surface area contributed by atoms with E-state index in [0.29, 0.717) is 6.07 Å². The molecule has 0 fully saturated rings. The van der Waals surface area contributed by atoms with E-state index in [1.807, 2.05) is 0 Å². The maximum absolute atomic E-state index is 14.0. The van der Waals surface area contributed by atoms with Crippen LogP contribution in [0.25, 0.3) is 0 Å². The van der Waals surface area contributed by atoms with Crippen molar-refractivity contribution in [1.82, 2.24) is 4.72 Å². The molecule has 0 bridgehead atoms. The number of benzene rings is 1. The molecule has 23 heavy (non-hydrogen) atoms. The minimum Gasteiger partial charge on any atom is -0.598 e. The van der Waals surface area contributed by atoms with Crippen molar-refractivity contribution < 1.29 is 31.2 Å². The fourth-order valence-corrected chi connectivity index (χ4v) is 2.35. The van der Waals surface area contributed by atoms with Crippen LogP contribution in [0.1, 0.15) is 39.3 Å². The highest BCUT2D eigenvalue weighted by Crippen LogP contribution is 2.28. The third-order valence-electron chi connectivity index (χ3n) is 2.75. The second-order valence-electron chi connectivity index (χ2n) is 5.93. The van der Waals surface area contributed by atoms with Crippen LogP contribution in [0.2, 0.25) is 0 Å². The van der Waals surface area contributed by atoms with Crippen LogP contribution in [0.15, 0.2) is 12.1 Å². The summed E-state index contributed by atoms with van der Waals surface area (Å²) >= 11 is -1.52. The number of rotatable bonds is 5. The average molecular weight is 359 g/mol. The first-order chi connectivity index (χ1) is 10.3. The molecule has 1 aromatic carbocycles. The van der Waals surface area contributed by atoms with Crippen LogP contribution < -0.4 is 9.46 Å². The van der Waals surface area contributed by atoms with Crippen LogP contribution >= 0.6 is 0 Å². The number of halogens is 5. The summed E-state index contributed by atoms with van der Waals surface area (Å²) < 4.78 is 82.1. The Labute approximate surface area is 134 Å². The zero-order valence-electron chi connectivity index (χ0n) is 13.1. The molecule has 2 atom stereocenters. The summed E-state index contributed by atoms with van der Waals surface area (Å²) in [5.74, 6) is -2.90. The summed E-state index contributed by atoms with van der Waals surface area (Å²) in [5.41, 5.74) is -0.153. The van der Waals surface area contributed by atoms with Crippen LogP contribution in [0.5, 0.6) is 5.75 Å². The molecule has 1 aromatic rings. The van der Waals surface area contributed by atoms with E-state index in [2.05, 4.69) is 9.46 Å². The number of ether oxygens (including phenoxy) is 1. The molecule has 132 valence electrons. The fourth-order valence-electron chi connectivity index (χ4n) is 1.55. The van der Waals surface area contributed by atoms with Gasteiger partial charge in [0.15, 0.2) is 18.2 Å². The lowest BCUT2D eigenvalue weighted by Gasteiger charge is -2.26. The van der Waals surface area contributed by atoms with Crippen molar-refractivity contribution in [3.63, 3.8) is 0 Å². The van der Waals surface area contributed by atoms with Crippen molar-refractivity contribution in [1.29, 1.82) is 0 Å². The molecule has 1 rings (SSSR count). The first-order valence-corrected chi connectivity index (χ1v) is 7.83. The van der Waals surface area contributed by atoms with Gasteiger partial charge in [0.25, 0.3) is 0 Å². The molecule has 0 aliphatic rings. The van der Waals surface area contributed by atoms with Gasteiger partial charge in [-0.1, -0.05) is 0 Å². The Morgan fingerprint density at radius 3 is 2.22 bits per heavy atom. The summed E-state index contributed by atoms with van der Waals surface area (Å²) in [6.45, 7) is 4.86. The van der Waals surface area contributed by atoms with Crippen LogP contribution in [-0.4, -0.2) is 22.1 Å². The second kappa shape index (κ2) is 7.23. The molecule has 0 heterocycles. The van der Waals surface area contributed by atoms with Gasteiger partial charge in [-0.2, -0.15) is 13.2 Å². The van der Waals surface area contributed by atoms with Gasteiger partial charge < -0.3 is 9.29 Å². The van der Waals surface area contributed by atoms with Crippen molar-refractivity contribution >= 4 is 11.4 Å². The van der Waals surface area contributed by atoms with Crippen LogP contribution in [-0.2, 0) is 11.4 Å². The molecular weight excluding hydrogens is 341 g/mol. The van der Waals surface area contributed by atoms with Crippen LogP contribution in [0.4, 0.5) is 22.0 Å². The molecule has 0 spiro atoms. The number of nitrogens with one attached hydrogen (secondary N) is 1. The Morgan fingerprint density at radius 1 is 1.17 bits per heavy atom. The molecule has 0 aliphatic heterocycles. The maximum atomic E-state index is 14.0. The van der Waals surface area contributed by atoms with E-state index in [-0.39, 0.29) is 5.56 Å². The minimum atomic E-state index is -4.65. The van der Waals surface area contributed by atoms with Gasteiger partial charge in [0, 0.05) is 23.0 Å². The Kier molecular flexibility index (Phi) is 6.28. The van der Waals surface area contributed by atoms with Gasteiger partial charge in [-0.05, 0) is 33.8 Å². The molecule has 0 saturated carbocycles. The van der Waals surface area contributed by atoms with Crippen molar-refractivity contribution in [3.05, 3.63) is 29.3 Å². The Bertz CT molecular complexity index is 545. The smallest absolute Gasteiger partial charge is 0.422 e. The molecule has 9 heteroatoms. The highest BCUT2D eigenvalue weighted by molar-refractivity contribution is 7.90. The highest BCUT2D eigenvalue weighted by atomic mass is 32.2. The average Bonchev–Trinajstić information content (AvgIpc) is 2.37. The quantitative estimate of drug-likeness (QED) is 0.638. The van der Waals surface area contributed by atoms with E-state index in [0.717, 1.165) is 6.07 Å². The normalized spacial score (nSPS) is 15.4. The minimum absolute atomic E-state index is 0.153. The molecule has 0 saturated heterocycles. The maximum Gasteiger partial charge on any atom is 0.422 e. The molecule has 0 unspecified atom stereocenters. The molecule has 0 radical (unpaired) electrons. The lowest BCUT2D eigenvalue weighted by atomic mass is 10.1. The van der Waals surface area contributed by atoms with Gasteiger partial charge in [0.1, 0.15) is 10.6 Å². The first-order valence-electron chi connectivity index (χ1n) is 6.68. The second-order valence-corrected chi connectivity index (χ2v) is 7.93. The third-order valence-corrected chi connectivity index (χ3v) is 4.43. The lowest BCUT2D eigenvalue weighted by Crippen LogP contribution is -2.40. The van der Waals surface area contributed by atoms with Crippen molar-refractivity contribution in [2.75, 3.05) is 6.61 Å². The van der Waals surface area contributed by atoms with Crippen molar-refractivity contribution in [2.45, 2.75) is 44.7 Å². The van der Waals surface area contributed by atoms with Gasteiger partial charge >= 0.3 is 6.18 Å². The molecule has 3 nitrogen and oxygen atoms in total. The van der Waals surface area contributed by atoms with Crippen LogP contribution in [0, 0.1) is 11.6 Å². The lowest BCUT2D eigenvalue weighted by molar-refractivity contribution is -0.153. The van der Waals surface area contributed by atoms with Gasteiger partial charge in [-0.25, -0.2) is 8.78 Å². The standard InChI is InChI=1S/C14H18F5NO2S/c1-8(20-23(21)13(2,3)4)9-5-11(16)12(6-10(9)15)22-7-14(17,18)19/h5-6,8,20H,7H2,1-4H3/t8-,23+/m0/s1. The van der Waals surface area contributed by atoms with E-state index in [1.54, 1.807) is 20.8 Å². The Morgan fingerprint density at radius 2 is 1.74 bits per heavy atom. The van der Waals surface area contributed by atoms with Crippen LogP contribution in [0.3, 0.4) is 0 Å². The summed E-state index contributed by atoms with van der Waals surface area (Å²) in [6, 6.07) is 0.480. The first kappa shape index (κ1) is 20.0. The fraction of sp³-hybridized carbons (Fsp3) is 0.571. The Balaban J connectivity index is 2.91. The zero-order valence-corrected chi connectivity index (χ0v) is 13.9. The Hall–Kier alpha value is -1.06. The highest BCUT2D eigenvalue weighted by Gasteiger charge is 2.31. The van der Waals surface area contributed by atoms with E-state index in [4.69, 9.17) is 0 Å². The summed E-state index contributed by atoms with van der Waals surface area (Å²) in [7, 11) is 0. The van der Waals surface area contributed by atoms with E-state index in [1.165, 1.54) is 6.92 Å². The zero-order chi connectivity index (χ0) is 18.0. The number of alkyl halides is 3. The van der Waals surface area contributed by atoms with Gasteiger partial charge in [0.2, 0.25) is 0 Å². The summed E-state index contributed by atoms with van der Waals surface area (Å²) in [4.78, 5) is 0. The monoisotopic (exact) mass is 359 g/mol. The molecule has 0 amide bonds. The van der Waals surface area contributed by atoms with Gasteiger partial charge in [-0.15, -0.1) is 4.72 Å². The predicted molar refractivity (Wildman–Crippen MR) is 77.4 cm³/mol. The SMILES string of the molecule is C[C@H](N[S@+]([O-])C(C)(C)C)c1cc(F)c(OCC(F)(F)F)cc1F.